The van der Waals surface area contributed by atoms with Crippen molar-refractivity contribution < 1.29 is 14.7 Å². The Balaban J connectivity index is 1.92. The molecule has 0 saturated heterocycles. The van der Waals surface area contributed by atoms with E-state index in [4.69, 9.17) is 16.7 Å². The molecule has 1 fully saturated rings. The summed E-state index contributed by atoms with van der Waals surface area (Å²) < 4.78 is 0.728. The lowest BCUT2D eigenvalue weighted by molar-refractivity contribution is -0.143. The zero-order valence-corrected chi connectivity index (χ0v) is 13.1. The Bertz CT molecular complexity index is 527. The molecule has 1 aliphatic carbocycles. The maximum Gasteiger partial charge on any atom is 0.306 e. The highest BCUT2D eigenvalue weighted by atomic mass is 79.9. The van der Waals surface area contributed by atoms with Crippen LogP contribution in [0.3, 0.4) is 0 Å². The van der Waals surface area contributed by atoms with Gasteiger partial charge in [0.2, 0.25) is 5.91 Å². The molecule has 0 spiro atoms. The molecule has 108 valence electrons. The van der Waals surface area contributed by atoms with E-state index in [9.17, 15) is 9.59 Å². The van der Waals surface area contributed by atoms with Crippen LogP contribution >= 0.6 is 27.5 Å². The van der Waals surface area contributed by atoms with Crippen LogP contribution in [0.2, 0.25) is 5.02 Å². The first-order chi connectivity index (χ1) is 9.47. The number of nitrogens with one attached hydrogen (secondary N) is 1. The zero-order valence-electron chi connectivity index (χ0n) is 10.7. The third-order valence-electron chi connectivity index (χ3n) is 3.63. The number of carboxylic acid groups (broad SMARTS) is 1. The number of carboxylic acids is 1. The molecule has 0 unspecified atom stereocenters. The van der Waals surface area contributed by atoms with Crippen molar-refractivity contribution >= 4 is 45.1 Å². The van der Waals surface area contributed by atoms with Gasteiger partial charge in [-0.25, -0.2) is 0 Å². The second kappa shape index (κ2) is 6.59. The minimum atomic E-state index is -0.759. The van der Waals surface area contributed by atoms with Crippen LogP contribution in [0.15, 0.2) is 22.7 Å². The van der Waals surface area contributed by atoms with Crippen molar-refractivity contribution in [1.29, 1.82) is 0 Å². The first-order valence-corrected chi connectivity index (χ1v) is 7.63. The SMILES string of the molecule is O=C(O)C1CCC(C(=O)Nc2ccc(Cl)c(Br)c2)CC1. The lowest BCUT2D eigenvalue weighted by Gasteiger charge is -2.25. The fraction of sp³-hybridized carbons (Fsp3) is 0.429. The van der Waals surface area contributed by atoms with Crippen molar-refractivity contribution in [3.8, 4) is 0 Å². The van der Waals surface area contributed by atoms with Gasteiger partial charge in [0.1, 0.15) is 0 Å². The van der Waals surface area contributed by atoms with Gasteiger partial charge in [-0.05, 0) is 59.8 Å². The summed E-state index contributed by atoms with van der Waals surface area (Å²) in [6, 6.07) is 5.21. The number of amides is 1. The minimum absolute atomic E-state index is 0.0527. The average molecular weight is 361 g/mol. The highest BCUT2D eigenvalue weighted by Gasteiger charge is 2.29. The molecule has 0 radical (unpaired) electrons. The number of aliphatic carboxylic acids is 1. The van der Waals surface area contributed by atoms with Crippen LogP contribution in [0.5, 0.6) is 0 Å². The van der Waals surface area contributed by atoms with Gasteiger partial charge in [-0.15, -0.1) is 0 Å². The van der Waals surface area contributed by atoms with Crippen LogP contribution in [0.1, 0.15) is 25.7 Å². The molecule has 0 bridgehead atoms. The molecular formula is C14H15BrClNO3. The molecule has 2 rings (SSSR count). The van der Waals surface area contributed by atoms with Crippen molar-refractivity contribution in [2.75, 3.05) is 5.32 Å². The molecule has 0 aromatic heterocycles. The molecule has 1 aromatic rings. The number of rotatable bonds is 3. The van der Waals surface area contributed by atoms with E-state index in [1.165, 1.54) is 0 Å². The van der Waals surface area contributed by atoms with E-state index < -0.39 is 5.97 Å². The third kappa shape index (κ3) is 3.73. The summed E-state index contributed by atoms with van der Waals surface area (Å²) in [6.07, 6.45) is 2.38. The number of anilines is 1. The molecule has 4 nitrogen and oxygen atoms in total. The van der Waals surface area contributed by atoms with Gasteiger partial charge in [0.15, 0.2) is 0 Å². The van der Waals surface area contributed by atoms with Gasteiger partial charge in [0.25, 0.3) is 0 Å². The standard InChI is InChI=1S/C14H15BrClNO3/c15-11-7-10(5-6-12(11)16)17-13(18)8-1-3-9(4-2-8)14(19)20/h5-9H,1-4H2,(H,17,18)(H,19,20). The first kappa shape index (κ1) is 15.3. The largest absolute Gasteiger partial charge is 0.481 e. The molecule has 0 aliphatic heterocycles. The van der Waals surface area contributed by atoms with E-state index in [0.29, 0.717) is 36.4 Å². The average Bonchev–Trinajstić information content (AvgIpc) is 2.43. The van der Waals surface area contributed by atoms with Crippen molar-refractivity contribution in [1.82, 2.24) is 0 Å². The normalized spacial score (nSPS) is 22.3. The predicted octanol–water partition coefficient (Wildman–Crippen LogP) is 3.93. The summed E-state index contributed by atoms with van der Waals surface area (Å²) in [6.45, 7) is 0. The molecule has 1 saturated carbocycles. The number of halogens is 2. The Hall–Kier alpha value is -1.07. The van der Waals surface area contributed by atoms with Gasteiger partial charge >= 0.3 is 5.97 Å². The lowest BCUT2D eigenvalue weighted by Crippen LogP contribution is -2.29. The van der Waals surface area contributed by atoms with E-state index in [1.54, 1.807) is 18.2 Å². The number of benzene rings is 1. The van der Waals surface area contributed by atoms with Crippen LogP contribution < -0.4 is 5.32 Å². The van der Waals surface area contributed by atoms with E-state index >= 15 is 0 Å². The van der Waals surface area contributed by atoms with E-state index in [0.717, 1.165) is 4.47 Å². The topological polar surface area (TPSA) is 66.4 Å². The summed E-state index contributed by atoms with van der Waals surface area (Å²) in [5.74, 6) is -1.22. The van der Waals surface area contributed by atoms with E-state index in [-0.39, 0.29) is 17.7 Å². The molecule has 1 aliphatic rings. The van der Waals surface area contributed by atoms with Crippen molar-refractivity contribution in [3.63, 3.8) is 0 Å². The Morgan fingerprint density at radius 2 is 1.80 bits per heavy atom. The third-order valence-corrected chi connectivity index (χ3v) is 4.85. The smallest absolute Gasteiger partial charge is 0.306 e. The Kier molecular flexibility index (Phi) is 5.05. The van der Waals surface area contributed by atoms with Gasteiger partial charge in [0.05, 0.1) is 10.9 Å². The molecule has 2 N–H and O–H groups in total. The van der Waals surface area contributed by atoms with Crippen LogP contribution in [-0.4, -0.2) is 17.0 Å². The molecule has 20 heavy (non-hydrogen) atoms. The molecule has 1 aromatic carbocycles. The summed E-state index contributed by atoms with van der Waals surface area (Å²) >= 11 is 9.20. The Morgan fingerprint density at radius 1 is 1.20 bits per heavy atom. The fourth-order valence-electron chi connectivity index (χ4n) is 2.42. The Morgan fingerprint density at radius 3 is 2.35 bits per heavy atom. The highest BCUT2D eigenvalue weighted by Crippen LogP contribution is 2.31. The quantitative estimate of drug-likeness (QED) is 0.858. The van der Waals surface area contributed by atoms with E-state index in [1.807, 2.05) is 0 Å². The van der Waals surface area contributed by atoms with Crippen LogP contribution in [0, 0.1) is 11.8 Å². The van der Waals surface area contributed by atoms with Gasteiger partial charge in [0, 0.05) is 16.1 Å². The summed E-state index contributed by atoms with van der Waals surface area (Å²) in [7, 11) is 0. The fourth-order valence-corrected chi connectivity index (χ4v) is 2.92. The van der Waals surface area contributed by atoms with Gasteiger partial charge in [-0.3, -0.25) is 9.59 Å². The second-order valence-electron chi connectivity index (χ2n) is 5.00. The summed E-state index contributed by atoms with van der Waals surface area (Å²) in [5, 5.41) is 12.4. The maximum absolute atomic E-state index is 12.1. The maximum atomic E-state index is 12.1. The molecule has 6 heteroatoms. The molecule has 0 atom stereocenters. The van der Waals surface area contributed by atoms with E-state index in [2.05, 4.69) is 21.2 Å². The minimum Gasteiger partial charge on any atom is -0.481 e. The first-order valence-electron chi connectivity index (χ1n) is 6.46. The van der Waals surface area contributed by atoms with Gasteiger partial charge < -0.3 is 10.4 Å². The summed E-state index contributed by atoms with van der Waals surface area (Å²) in [4.78, 5) is 23.0. The van der Waals surface area contributed by atoms with Crippen LogP contribution in [0.4, 0.5) is 5.69 Å². The van der Waals surface area contributed by atoms with Crippen LogP contribution in [-0.2, 0) is 9.59 Å². The van der Waals surface area contributed by atoms with Crippen molar-refractivity contribution in [3.05, 3.63) is 27.7 Å². The lowest BCUT2D eigenvalue weighted by atomic mass is 9.81. The van der Waals surface area contributed by atoms with Gasteiger partial charge in [-0.1, -0.05) is 11.6 Å². The highest BCUT2D eigenvalue weighted by molar-refractivity contribution is 9.10. The summed E-state index contributed by atoms with van der Waals surface area (Å²) in [5.41, 5.74) is 0.687. The number of hydrogen-bond acceptors (Lipinski definition) is 2. The van der Waals surface area contributed by atoms with Crippen LogP contribution in [0.25, 0.3) is 0 Å². The predicted molar refractivity (Wildman–Crippen MR) is 80.9 cm³/mol. The molecular weight excluding hydrogens is 346 g/mol. The van der Waals surface area contributed by atoms with Crippen molar-refractivity contribution in [2.24, 2.45) is 11.8 Å². The second-order valence-corrected chi connectivity index (χ2v) is 6.27. The Labute approximate surface area is 130 Å². The van der Waals surface area contributed by atoms with Gasteiger partial charge in [-0.2, -0.15) is 0 Å². The van der Waals surface area contributed by atoms with Crippen molar-refractivity contribution in [2.45, 2.75) is 25.7 Å². The zero-order chi connectivity index (χ0) is 14.7. The monoisotopic (exact) mass is 359 g/mol. The number of carbonyl (C=O) groups excluding carboxylic acids is 1. The number of carbonyl (C=O) groups is 2. The molecule has 1 amide bonds. The number of hydrogen-bond donors (Lipinski definition) is 2. The molecule has 0 heterocycles.